The molecule has 28 heavy (non-hydrogen) atoms. The fourth-order valence-electron chi connectivity index (χ4n) is 3.36. The van der Waals surface area contributed by atoms with E-state index in [0.717, 1.165) is 50.5 Å². The third-order valence-corrected chi connectivity index (χ3v) is 5.01. The van der Waals surface area contributed by atoms with Crippen LogP contribution in [-0.4, -0.2) is 49.0 Å². The molecule has 1 aromatic carbocycles. The summed E-state index contributed by atoms with van der Waals surface area (Å²) < 4.78 is 2.05. The zero-order valence-corrected chi connectivity index (χ0v) is 15.8. The van der Waals surface area contributed by atoms with Gasteiger partial charge in [-0.15, -0.1) is 10.2 Å². The molecule has 4 rings (SSSR count). The number of hydrogen-bond acceptors (Lipinski definition) is 7. The van der Waals surface area contributed by atoms with E-state index in [4.69, 9.17) is 0 Å². The molecular formula is C20H25N7O. The number of nitrogens with zero attached hydrogens (tertiary/aromatic N) is 6. The van der Waals surface area contributed by atoms with Crippen LogP contribution in [0.1, 0.15) is 24.2 Å². The lowest BCUT2D eigenvalue weighted by Gasteiger charge is -2.30. The fourth-order valence-corrected chi connectivity index (χ4v) is 3.36. The Balaban J connectivity index is 1.35. The van der Waals surface area contributed by atoms with E-state index in [9.17, 15) is 5.11 Å². The average molecular weight is 379 g/mol. The maximum absolute atomic E-state index is 9.67. The third-order valence-electron chi connectivity index (χ3n) is 5.01. The first kappa shape index (κ1) is 18.4. The molecule has 2 aromatic heterocycles. The van der Waals surface area contributed by atoms with Gasteiger partial charge in [-0.2, -0.15) is 4.98 Å². The molecule has 0 saturated carbocycles. The van der Waals surface area contributed by atoms with Crippen LogP contribution in [0.3, 0.4) is 0 Å². The Morgan fingerprint density at radius 1 is 1.11 bits per heavy atom. The van der Waals surface area contributed by atoms with Gasteiger partial charge in [-0.1, -0.05) is 30.3 Å². The molecule has 2 N–H and O–H groups in total. The Labute approximate surface area is 164 Å². The first-order valence-corrected chi connectivity index (χ1v) is 9.68. The summed E-state index contributed by atoms with van der Waals surface area (Å²) in [5.41, 5.74) is 1.29. The van der Waals surface area contributed by atoms with Gasteiger partial charge in [0.15, 0.2) is 5.82 Å². The highest BCUT2D eigenvalue weighted by molar-refractivity contribution is 5.42. The molecule has 1 aliphatic rings. The second kappa shape index (κ2) is 8.79. The first-order chi connectivity index (χ1) is 13.8. The van der Waals surface area contributed by atoms with Gasteiger partial charge in [-0.05, 0) is 30.9 Å². The molecule has 0 bridgehead atoms. The fraction of sp³-hybridized carbons (Fsp3) is 0.400. The minimum Gasteiger partial charge on any atom is -0.393 e. The Hall–Kier alpha value is -3.00. The Bertz CT molecular complexity index is 875. The predicted octanol–water partition coefficient (Wildman–Crippen LogP) is 1.88. The van der Waals surface area contributed by atoms with Gasteiger partial charge in [0.2, 0.25) is 5.95 Å². The molecular weight excluding hydrogens is 354 g/mol. The second-order valence-electron chi connectivity index (χ2n) is 6.99. The van der Waals surface area contributed by atoms with Crippen molar-refractivity contribution in [1.29, 1.82) is 0 Å². The van der Waals surface area contributed by atoms with Crippen LogP contribution in [0.15, 0.2) is 48.9 Å². The number of nitrogens with one attached hydrogen (secondary N) is 1. The summed E-state index contributed by atoms with van der Waals surface area (Å²) >= 11 is 0. The summed E-state index contributed by atoms with van der Waals surface area (Å²) in [5.74, 6) is 2.31. The number of benzene rings is 1. The van der Waals surface area contributed by atoms with Gasteiger partial charge >= 0.3 is 0 Å². The molecule has 3 heterocycles. The van der Waals surface area contributed by atoms with Crippen LogP contribution >= 0.6 is 0 Å². The maximum Gasteiger partial charge on any atom is 0.224 e. The van der Waals surface area contributed by atoms with E-state index < -0.39 is 0 Å². The first-order valence-electron chi connectivity index (χ1n) is 9.68. The number of piperidine rings is 1. The highest BCUT2D eigenvalue weighted by Gasteiger charge is 2.18. The van der Waals surface area contributed by atoms with E-state index in [2.05, 4.69) is 59.2 Å². The summed E-state index contributed by atoms with van der Waals surface area (Å²) in [6.45, 7) is 2.96. The van der Waals surface area contributed by atoms with Crippen molar-refractivity contribution in [3.63, 3.8) is 0 Å². The van der Waals surface area contributed by atoms with Gasteiger partial charge in [0.1, 0.15) is 12.1 Å². The van der Waals surface area contributed by atoms with Gasteiger partial charge in [0.25, 0.3) is 0 Å². The molecule has 8 heteroatoms. The minimum absolute atomic E-state index is 0.196. The van der Waals surface area contributed by atoms with Crippen molar-refractivity contribution in [2.75, 3.05) is 23.3 Å². The van der Waals surface area contributed by atoms with Crippen LogP contribution in [0, 0.1) is 0 Å². The molecule has 3 aromatic rings. The number of hydrogen-bond donors (Lipinski definition) is 2. The number of aryl methyl sites for hydroxylation is 2. The normalized spacial score (nSPS) is 15.0. The minimum atomic E-state index is -0.196. The van der Waals surface area contributed by atoms with Crippen LogP contribution in [0.4, 0.5) is 11.8 Å². The van der Waals surface area contributed by atoms with E-state index in [-0.39, 0.29) is 6.10 Å². The molecule has 0 radical (unpaired) electrons. The van der Waals surface area contributed by atoms with E-state index in [1.54, 1.807) is 12.5 Å². The topological polar surface area (TPSA) is 92.0 Å². The third kappa shape index (κ3) is 4.64. The van der Waals surface area contributed by atoms with Crippen LogP contribution in [0.5, 0.6) is 0 Å². The molecule has 0 spiro atoms. The van der Waals surface area contributed by atoms with Gasteiger partial charge in [-0.25, -0.2) is 4.98 Å². The lowest BCUT2D eigenvalue weighted by Crippen LogP contribution is -2.36. The number of aliphatic hydroxyl groups is 1. The van der Waals surface area contributed by atoms with Gasteiger partial charge in [-0.3, -0.25) is 0 Å². The van der Waals surface area contributed by atoms with Gasteiger partial charge in [0, 0.05) is 25.8 Å². The molecule has 146 valence electrons. The van der Waals surface area contributed by atoms with Crippen LogP contribution in [-0.2, 0) is 19.5 Å². The SMILES string of the molecule is OC1CCN(c2ccnc(NCc3nncn3CCc3ccccc3)n2)CC1. The van der Waals surface area contributed by atoms with Crippen LogP contribution < -0.4 is 10.2 Å². The molecule has 1 fully saturated rings. The van der Waals surface area contributed by atoms with E-state index in [1.807, 2.05) is 12.1 Å². The van der Waals surface area contributed by atoms with Gasteiger partial charge in [0.05, 0.1) is 12.6 Å². The maximum atomic E-state index is 9.67. The predicted molar refractivity (Wildman–Crippen MR) is 107 cm³/mol. The molecule has 8 nitrogen and oxygen atoms in total. The zero-order valence-electron chi connectivity index (χ0n) is 15.8. The molecule has 0 unspecified atom stereocenters. The quantitative estimate of drug-likeness (QED) is 0.647. The zero-order chi connectivity index (χ0) is 19.2. The van der Waals surface area contributed by atoms with Crippen molar-refractivity contribution >= 4 is 11.8 Å². The van der Waals surface area contributed by atoms with Crippen molar-refractivity contribution in [1.82, 2.24) is 24.7 Å². The standard InChI is InChI=1S/C20H25N7O/c28-17-8-12-26(13-9-17)18-6-10-21-20(24-18)22-14-19-25-23-15-27(19)11-7-16-4-2-1-3-5-16/h1-6,10,15,17,28H,7-9,11-14H2,(H,21,22,24). The summed E-state index contributed by atoms with van der Waals surface area (Å²) in [6, 6.07) is 12.3. The molecule has 1 saturated heterocycles. The molecule has 0 amide bonds. The lowest BCUT2D eigenvalue weighted by molar-refractivity contribution is 0.145. The number of aromatic nitrogens is 5. The van der Waals surface area contributed by atoms with Crippen molar-refractivity contribution in [3.05, 3.63) is 60.3 Å². The molecule has 1 aliphatic heterocycles. The van der Waals surface area contributed by atoms with Crippen molar-refractivity contribution in [2.24, 2.45) is 0 Å². The Morgan fingerprint density at radius 2 is 1.93 bits per heavy atom. The van der Waals surface area contributed by atoms with Crippen LogP contribution in [0.25, 0.3) is 0 Å². The Kier molecular flexibility index (Phi) is 5.77. The highest BCUT2D eigenvalue weighted by Crippen LogP contribution is 2.18. The number of rotatable bonds is 7. The summed E-state index contributed by atoms with van der Waals surface area (Å²) in [5, 5.41) is 21.2. The largest absolute Gasteiger partial charge is 0.393 e. The Morgan fingerprint density at radius 3 is 2.75 bits per heavy atom. The lowest BCUT2D eigenvalue weighted by atomic mass is 10.1. The van der Waals surface area contributed by atoms with E-state index >= 15 is 0 Å². The number of anilines is 2. The van der Waals surface area contributed by atoms with E-state index in [0.29, 0.717) is 12.5 Å². The monoisotopic (exact) mass is 379 g/mol. The number of aliphatic hydroxyl groups excluding tert-OH is 1. The summed E-state index contributed by atoms with van der Waals surface area (Å²) in [4.78, 5) is 11.1. The smallest absolute Gasteiger partial charge is 0.224 e. The molecule has 0 aliphatic carbocycles. The van der Waals surface area contributed by atoms with Gasteiger partial charge < -0.3 is 19.9 Å². The van der Waals surface area contributed by atoms with Crippen molar-refractivity contribution < 1.29 is 5.11 Å². The van der Waals surface area contributed by atoms with Crippen molar-refractivity contribution in [2.45, 2.75) is 38.5 Å². The highest BCUT2D eigenvalue weighted by atomic mass is 16.3. The van der Waals surface area contributed by atoms with Crippen LogP contribution in [0.2, 0.25) is 0 Å². The summed E-state index contributed by atoms with van der Waals surface area (Å²) in [7, 11) is 0. The summed E-state index contributed by atoms with van der Waals surface area (Å²) in [6.07, 6.45) is 5.80. The van der Waals surface area contributed by atoms with Crippen molar-refractivity contribution in [3.8, 4) is 0 Å². The second-order valence-corrected chi connectivity index (χ2v) is 6.99. The van der Waals surface area contributed by atoms with E-state index in [1.165, 1.54) is 5.56 Å². The average Bonchev–Trinajstić information content (AvgIpc) is 3.20. The molecule has 0 atom stereocenters.